The molecule has 4 rings (SSSR count). The number of nitrogens with zero attached hydrogens (tertiary/aromatic N) is 3. The number of rotatable bonds is 6. The van der Waals surface area contributed by atoms with Crippen molar-refractivity contribution in [1.29, 1.82) is 0 Å². The van der Waals surface area contributed by atoms with E-state index in [-0.39, 0.29) is 17.4 Å². The number of alkyl halides is 3. The Labute approximate surface area is 211 Å². The Morgan fingerprint density at radius 2 is 1.51 bits per heavy atom. The van der Waals surface area contributed by atoms with Gasteiger partial charge in [-0.3, -0.25) is 9.59 Å². The number of ether oxygens (including phenoxy) is 2. The molecule has 0 atom stereocenters. The van der Waals surface area contributed by atoms with Crippen molar-refractivity contribution in [2.75, 3.05) is 50.6 Å². The molecule has 0 spiro atoms. The van der Waals surface area contributed by atoms with E-state index in [1.807, 2.05) is 4.90 Å². The van der Waals surface area contributed by atoms with Crippen LogP contribution in [-0.2, 0) is 6.18 Å². The number of nitrogens with one attached hydrogen (secondary N) is 1. The van der Waals surface area contributed by atoms with Gasteiger partial charge in [0.2, 0.25) is 0 Å². The van der Waals surface area contributed by atoms with E-state index in [1.54, 1.807) is 41.4 Å². The molecule has 1 N–H and O–H groups in total. The van der Waals surface area contributed by atoms with Crippen LogP contribution in [0.3, 0.4) is 0 Å². The fourth-order valence-electron chi connectivity index (χ4n) is 3.95. The second-order valence-corrected chi connectivity index (χ2v) is 8.28. The smallest absolute Gasteiger partial charge is 0.416 e. The Hall–Kier alpha value is -4.28. The number of methoxy groups -OCH3 is 2. The average molecular weight is 515 g/mol. The van der Waals surface area contributed by atoms with E-state index in [2.05, 4.69) is 10.3 Å². The van der Waals surface area contributed by atoms with Gasteiger partial charge in [0.25, 0.3) is 11.8 Å². The van der Waals surface area contributed by atoms with Crippen molar-refractivity contribution in [2.24, 2.45) is 0 Å². The van der Waals surface area contributed by atoms with Crippen LogP contribution >= 0.6 is 0 Å². The van der Waals surface area contributed by atoms with E-state index in [9.17, 15) is 22.8 Å². The molecule has 1 fully saturated rings. The third-order valence-electron chi connectivity index (χ3n) is 6.00. The minimum atomic E-state index is -4.44. The van der Waals surface area contributed by atoms with Crippen molar-refractivity contribution in [3.8, 4) is 11.5 Å². The molecule has 1 aliphatic heterocycles. The van der Waals surface area contributed by atoms with Gasteiger partial charge in [0.15, 0.2) is 11.5 Å². The molecule has 0 saturated carbocycles. The van der Waals surface area contributed by atoms with Crippen LogP contribution in [-0.4, -0.2) is 62.1 Å². The van der Waals surface area contributed by atoms with Gasteiger partial charge in [-0.2, -0.15) is 13.2 Å². The second kappa shape index (κ2) is 10.8. The molecular formula is C26H25F3N4O4. The second-order valence-electron chi connectivity index (χ2n) is 8.28. The molecule has 0 aliphatic carbocycles. The molecular weight excluding hydrogens is 489 g/mol. The number of anilines is 2. The van der Waals surface area contributed by atoms with E-state index in [4.69, 9.17) is 9.47 Å². The van der Waals surface area contributed by atoms with Crippen LogP contribution < -0.4 is 19.7 Å². The molecule has 0 bridgehead atoms. The third-order valence-corrected chi connectivity index (χ3v) is 6.00. The Kier molecular flexibility index (Phi) is 7.51. The summed E-state index contributed by atoms with van der Waals surface area (Å²) in [5, 5.41) is 2.79. The summed E-state index contributed by atoms with van der Waals surface area (Å²) in [6.45, 7) is 1.83. The molecule has 37 heavy (non-hydrogen) atoms. The van der Waals surface area contributed by atoms with Crippen LogP contribution in [0, 0.1) is 0 Å². The van der Waals surface area contributed by atoms with E-state index in [0.717, 1.165) is 12.1 Å². The first-order valence-electron chi connectivity index (χ1n) is 11.4. The maximum atomic E-state index is 12.8. The first-order valence-corrected chi connectivity index (χ1v) is 11.4. The quantitative estimate of drug-likeness (QED) is 0.527. The number of aromatic nitrogens is 1. The van der Waals surface area contributed by atoms with Gasteiger partial charge >= 0.3 is 6.18 Å². The number of piperazine rings is 1. The van der Waals surface area contributed by atoms with Gasteiger partial charge in [-0.15, -0.1) is 0 Å². The lowest BCUT2D eigenvalue weighted by Gasteiger charge is -2.35. The normalized spacial score (nSPS) is 13.8. The van der Waals surface area contributed by atoms with Crippen LogP contribution in [0.1, 0.15) is 26.3 Å². The van der Waals surface area contributed by atoms with Gasteiger partial charge in [-0.25, -0.2) is 4.98 Å². The van der Waals surface area contributed by atoms with Crippen LogP contribution in [0.2, 0.25) is 0 Å². The average Bonchev–Trinajstić information content (AvgIpc) is 2.92. The number of hydrogen-bond donors (Lipinski definition) is 1. The van der Waals surface area contributed by atoms with Crippen molar-refractivity contribution in [2.45, 2.75) is 6.18 Å². The zero-order valence-electron chi connectivity index (χ0n) is 20.2. The van der Waals surface area contributed by atoms with Crippen molar-refractivity contribution < 1.29 is 32.2 Å². The number of carbonyl (C=O) groups excluding carboxylic acids is 2. The molecule has 2 heterocycles. The Morgan fingerprint density at radius 1 is 0.865 bits per heavy atom. The fraction of sp³-hybridized carbons (Fsp3) is 0.269. The molecule has 0 radical (unpaired) electrons. The molecule has 0 unspecified atom stereocenters. The minimum absolute atomic E-state index is 0.217. The Bertz CT molecular complexity index is 1260. The summed E-state index contributed by atoms with van der Waals surface area (Å²) in [6.07, 6.45) is -2.89. The molecule has 1 saturated heterocycles. The van der Waals surface area contributed by atoms with Gasteiger partial charge in [-0.1, -0.05) is 0 Å². The number of pyridine rings is 1. The highest BCUT2D eigenvalue weighted by atomic mass is 19.4. The standard InChI is InChI=1S/C26H25F3N4O4/c1-36-21-9-5-18(15-22(21)37-2)24(34)31-20-8-10-23(30-16-20)32-11-13-33(14-12-32)25(35)17-3-6-19(7-4-17)26(27,28)29/h3-10,15-16H,11-14H2,1-2H3,(H,31,34). The predicted molar refractivity (Wildman–Crippen MR) is 131 cm³/mol. The molecule has 2 amide bonds. The predicted octanol–water partition coefficient (Wildman–Crippen LogP) is 4.33. The van der Waals surface area contributed by atoms with E-state index >= 15 is 0 Å². The highest BCUT2D eigenvalue weighted by molar-refractivity contribution is 6.04. The minimum Gasteiger partial charge on any atom is -0.493 e. The summed E-state index contributed by atoms with van der Waals surface area (Å²) in [5.74, 6) is 1.01. The summed E-state index contributed by atoms with van der Waals surface area (Å²) in [7, 11) is 3.01. The lowest BCUT2D eigenvalue weighted by Crippen LogP contribution is -2.49. The molecule has 3 aromatic rings. The van der Waals surface area contributed by atoms with Crippen LogP contribution in [0.25, 0.3) is 0 Å². The zero-order chi connectivity index (χ0) is 26.6. The number of benzene rings is 2. The van der Waals surface area contributed by atoms with Gasteiger partial charge in [0, 0.05) is 37.3 Å². The monoisotopic (exact) mass is 514 g/mol. The molecule has 11 heteroatoms. The number of amides is 2. The van der Waals surface area contributed by atoms with Crippen LogP contribution in [0.5, 0.6) is 11.5 Å². The van der Waals surface area contributed by atoms with Gasteiger partial charge in [0.05, 0.1) is 31.7 Å². The molecule has 194 valence electrons. The topological polar surface area (TPSA) is 84.0 Å². The number of carbonyl (C=O) groups is 2. The fourth-order valence-corrected chi connectivity index (χ4v) is 3.95. The first-order chi connectivity index (χ1) is 17.7. The maximum absolute atomic E-state index is 12.8. The van der Waals surface area contributed by atoms with E-state index < -0.39 is 11.7 Å². The van der Waals surface area contributed by atoms with Crippen molar-refractivity contribution in [3.63, 3.8) is 0 Å². The maximum Gasteiger partial charge on any atom is 0.416 e. The molecule has 1 aromatic heterocycles. The summed E-state index contributed by atoms with van der Waals surface area (Å²) >= 11 is 0. The van der Waals surface area contributed by atoms with Crippen molar-refractivity contribution in [3.05, 3.63) is 77.5 Å². The molecule has 1 aliphatic rings. The Balaban J connectivity index is 1.32. The largest absolute Gasteiger partial charge is 0.493 e. The highest BCUT2D eigenvalue weighted by Gasteiger charge is 2.31. The molecule has 2 aromatic carbocycles. The van der Waals surface area contributed by atoms with Gasteiger partial charge in [0.1, 0.15) is 5.82 Å². The molecule has 8 nitrogen and oxygen atoms in total. The van der Waals surface area contributed by atoms with E-state index in [0.29, 0.717) is 54.7 Å². The van der Waals surface area contributed by atoms with Gasteiger partial charge < -0.3 is 24.6 Å². The lowest BCUT2D eigenvalue weighted by molar-refractivity contribution is -0.137. The van der Waals surface area contributed by atoms with Crippen LogP contribution in [0.15, 0.2) is 60.8 Å². The third kappa shape index (κ3) is 5.93. The summed E-state index contributed by atoms with van der Waals surface area (Å²) in [5.41, 5.74) is 0.340. The number of halogens is 3. The summed E-state index contributed by atoms with van der Waals surface area (Å²) in [4.78, 5) is 33.3. The SMILES string of the molecule is COc1ccc(C(=O)Nc2ccc(N3CCN(C(=O)c4ccc(C(F)(F)F)cc4)CC3)nc2)cc1OC. The van der Waals surface area contributed by atoms with E-state index in [1.165, 1.54) is 26.4 Å². The zero-order valence-corrected chi connectivity index (χ0v) is 20.2. The lowest BCUT2D eigenvalue weighted by atomic mass is 10.1. The van der Waals surface area contributed by atoms with Crippen molar-refractivity contribution in [1.82, 2.24) is 9.88 Å². The summed E-state index contributed by atoms with van der Waals surface area (Å²) in [6, 6.07) is 12.6. The van der Waals surface area contributed by atoms with Crippen LogP contribution in [0.4, 0.5) is 24.7 Å². The highest BCUT2D eigenvalue weighted by Crippen LogP contribution is 2.30. The number of hydrogen-bond acceptors (Lipinski definition) is 6. The van der Waals surface area contributed by atoms with Gasteiger partial charge in [-0.05, 0) is 54.6 Å². The Morgan fingerprint density at radius 3 is 2.08 bits per heavy atom. The van der Waals surface area contributed by atoms with Crippen molar-refractivity contribution >= 4 is 23.3 Å². The summed E-state index contributed by atoms with van der Waals surface area (Å²) < 4.78 is 48.7. The first kappa shape index (κ1) is 25.8.